The molecule has 0 aliphatic carbocycles. The first-order valence-corrected chi connectivity index (χ1v) is 8.30. The van der Waals surface area contributed by atoms with Crippen LogP contribution in [0.4, 0.5) is 0 Å². The van der Waals surface area contributed by atoms with Crippen LogP contribution in [0, 0.1) is 13.8 Å². The van der Waals surface area contributed by atoms with Crippen LogP contribution in [0.3, 0.4) is 0 Å². The van der Waals surface area contributed by atoms with Gasteiger partial charge in [0.25, 0.3) is 0 Å². The summed E-state index contributed by atoms with van der Waals surface area (Å²) >= 11 is 0. The predicted octanol–water partition coefficient (Wildman–Crippen LogP) is 4.75. The molecule has 1 aliphatic rings. The third kappa shape index (κ3) is 4.04. The number of allylic oxidation sites excluding steroid dienone is 4. The van der Waals surface area contributed by atoms with Crippen LogP contribution in [0.25, 0.3) is 5.57 Å². The minimum absolute atomic E-state index is 0.438. The lowest BCUT2D eigenvalue weighted by atomic mass is 9.97. The normalized spacial score (nSPS) is 16.7. The van der Waals surface area contributed by atoms with Gasteiger partial charge in [-0.25, -0.2) is 9.97 Å². The Morgan fingerprint density at radius 3 is 2.41 bits per heavy atom. The van der Waals surface area contributed by atoms with Gasteiger partial charge in [-0.05, 0) is 58.1 Å². The smallest absolute Gasteiger partial charge is 0.132 e. The maximum absolute atomic E-state index is 5.46. The molecular weight excluding hydrogens is 272 g/mol. The molecular formula is C19H28N2O. The predicted molar refractivity (Wildman–Crippen MR) is 92.0 cm³/mol. The molecule has 1 aromatic rings. The van der Waals surface area contributed by atoms with Gasteiger partial charge >= 0.3 is 0 Å². The van der Waals surface area contributed by atoms with Crippen molar-refractivity contribution in [1.82, 2.24) is 9.97 Å². The number of aromatic nitrogens is 2. The lowest BCUT2D eigenvalue weighted by molar-refractivity contribution is 0.0835. The van der Waals surface area contributed by atoms with Crippen molar-refractivity contribution in [2.24, 2.45) is 0 Å². The first-order chi connectivity index (χ1) is 10.5. The summed E-state index contributed by atoms with van der Waals surface area (Å²) in [6.07, 6.45) is 7.41. The molecule has 0 atom stereocenters. The summed E-state index contributed by atoms with van der Waals surface area (Å²) in [7, 11) is 0. The molecule has 3 nitrogen and oxygen atoms in total. The SMILES string of the molecule is CC/C(=C\C=C(C)C)c1nc(C2CCOCC2)nc(C)c1C. The van der Waals surface area contributed by atoms with E-state index in [4.69, 9.17) is 14.7 Å². The molecule has 1 aliphatic heterocycles. The highest BCUT2D eigenvalue weighted by molar-refractivity contribution is 5.67. The molecule has 0 radical (unpaired) electrons. The van der Waals surface area contributed by atoms with E-state index in [1.807, 2.05) is 0 Å². The largest absolute Gasteiger partial charge is 0.381 e. The molecule has 0 N–H and O–H groups in total. The summed E-state index contributed by atoms with van der Waals surface area (Å²) in [4.78, 5) is 9.70. The van der Waals surface area contributed by atoms with E-state index in [0.717, 1.165) is 49.7 Å². The minimum atomic E-state index is 0.438. The van der Waals surface area contributed by atoms with Crippen LogP contribution < -0.4 is 0 Å². The monoisotopic (exact) mass is 300 g/mol. The summed E-state index contributed by atoms with van der Waals surface area (Å²) in [5.41, 5.74) is 6.01. The molecule has 22 heavy (non-hydrogen) atoms. The molecule has 2 heterocycles. The second kappa shape index (κ2) is 7.68. The minimum Gasteiger partial charge on any atom is -0.381 e. The van der Waals surface area contributed by atoms with Crippen molar-refractivity contribution in [2.75, 3.05) is 13.2 Å². The van der Waals surface area contributed by atoms with Gasteiger partial charge in [0.2, 0.25) is 0 Å². The van der Waals surface area contributed by atoms with Crippen molar-refractivity contribution < 1.29 is 4.74 Å². The molecule has 2 rings (SSSR count). The van der Waals surface area contributed by atoms with Crippen molar-refractivity contribution in [3.05, 3.63) is 40.5 Å². The van der Waals surface area contributed by atoms with Gasteiger partial charge < -0.3 is 4.74 Å². The number of hydrogen-bond acceptors (Lipinski definition) is 3. The van der Waals surface area contributed by atoms with Crippen molar-refractivity contribution in [2.45, 2.75) is 59.8 Å². The molecule has 0 amide bonds. The van der Waals surface area contributed by atoms with Gasteiger partial charge in [-0.1, -0.05) is 24.6 Å². The molecule has 0 spiro atoms. The Kier molecular flexibility index (Phi) is 5.90. The van der Waals surface area contributed by atoms with Crippen LogP contribution in [0.15, 0.2) is 17.7 Å². The van der Waals surface area contributed by atoms with Crippen molar-refractivity contribution in [3.63, 3.8) is 0 Å². The zero-order valence-corrected chi connectivity index (χ0v) is 14.6. The molecule has 0 bridgehead atoms. The van der Waals surface area contributed by atoms with E-state index in [2.05, 4.69) is 46.8 Å². The summed E-state index contributed by atoms with van der Waals surface area (Å²) < 4.78 is 5.46. The Labute approximate surface area is 134 Å². The highest BCUT2D eigenvalue weighted by atomic mass is 16.5. The molecule has 0 aromatic carbocycles. The molecule has 120 valence electrons. The fourth-order valence-electron chi connectivity index (χ4n) is 2.73. The van der Waals surface area contributed by atoms with Crippen molar-refractivity contribution in [3.8, 4) is 0 Å². The average Bonchev–Trinajstić information content (AvgIpc) is 2.52. The number of nitrogens with zero attached hydrogens (tertiary/aromatic N) is 2. The highest BCUT2D eigenvalue weighted by Crippen LogP contribution is 2.28. The molecule has 0 unspecified atom stereocenters. The standard InChI is InChI=1S/C19H28N2O/c1-6-16(8-7-13(2)3)18-14(4)15(5)20-19(21-18)17-9-11-22-12-10-17/h7-8,17H,6,9-12H2,1-5H3/b16-8+. The van der Waals surface area contributed by atoms with E-state index in [0.29, 0.717) is 5.92 Å². The molecule has 1 fully saturated rings. The molecule has 3 heteroatoms. The Morgan fingerprint density at radius 2 is 1.82 bits per heavy atom. The van der Waals surface area contributed by atoms with Gasteiger partial charge in [-0.15, -0.1) is 0 Å². The van der Waals surface area contributed by atoms with E-state index in [1.54, 1.807) is 0 Å². The quantitative estimate of drug-likeness (QED) is 0.753. The highest BCUT2D eigenvalue weighted by Gasteiger charge is 2.21. The van der Waals surface area contributed by atoms with Gasteiger partial charge in [-0.3, -0.25) is 0 Å². The first-order valence-electron chi connectivity index (χ1n) is 8.30. The maximum atomic E-state index is 5.46. The zero-order valence-electron chi connectivity index (χ0n) is 14.6. The lowest BCUT2D eigenvalue weighted by Crippen LogP contribution is -2.18. The van der Waals surface area contributed by atoms with Gasteiger partial charge in [0.15, 0.2) is 0 Å². The third-order valence-corrected chi connectivity index (χ3v) is 4.30. The van der Waals surface area contributed by atoms with E-state index in [-0.39, 0.29) is 0 Å². The second-order valence-electron chi connectivity index (χ2n) is 6.32. The van der Waals surface area contributed by atoms with E-state index < -0.39 is 0 Å². The Morgan fingerprint density at radius 1 is 1.14 bits per heavy atom. The Bertz CT molecular complexity index is 577. The third-order valence-electron chi connectivity index (χ3n) is 4.30. The van der Waals surface area contributed by atoms with Crippen LogP contribution in [0.5, 0.6) is 0 Å². The van der Waals surface area contributed by atoms with Crippen LogP contribution in [0.2, 0.25) is 0 Å². The van der Waals surface area contributed by atoms with Crippen molar-refractivity contribution >= 4 is 5.57 Å². The van der Waals surface area contributed by atoms with Gasteiger partial charge in [-0.2, -0.15) is 0 Å². The molecule has 1 saturated heterocycles. The number of hydrogen-bond donors (Lipinski definition) is 0. The van der Waals surface area contributed by atoms with Gasteiger partial charge in [0, 0.05) is 24.8 Å². The zero-order chi connectivity index (χ0) is 16.1. The first kappa shape index (κ1) is 16.9. The van der Waals surface area contributed by atoms with Crippen LogP contribution in [0.1, 0.15) is 68.7 Å². The lowest BCUT2D eigenvalue weighted by Gasteiger charge is -2.22. The molecule has 0 saturated carbocycles. The van der Waals surface area contributed by atoms with Gasteiger partial charge in [0.1, 0.15) is 5.82 Å². The number of aryl methyl sites for hydroxylation is 1. The average molecular weight is 300 g/mol. The van der Waals surface area contributed by atoms with E-state index in [9.17, 15) is 0 Å². The van der Waals surface area contributed by atoms with E-state index >= 15 is 0 Å². The second-order valence-corrected chi connectivity index (χ2v) is 6.32. The fourth-order valence-corrected chi connectivity index (χ4v) is 2.73. The van der Waals surface area contributed by atoms with Gasteiger partial charge in [0.05, 0.1) is 5.69 Å². The van der Waals surface area contributed by atoms with Crippen LogP contribution in [-0.4, -0.2) is 23.2 Å². The fraction of sp³-hybridized carbons (Fsp3) is 0.579. The molecule has 1 aromatic heterocycles. The van der Waals surface area contributed by atoms with E-state index in [1.165, 1.54) is 16.7 Å². The number of ether oxygens (including phenoxy) is 1. The summed E-state index contributed by atoms with van der Waals surface area (Å²) in [5, 5.41) is 0. The van der Waals surface area contributed by atoms with Crippen molar-refractivity contribution in [1.29, 1.82) is 0 Å². The summed E-state index contributed by atoms with van der Waals surface area (Å²) in [5.74, 6) is 1.44. The Balaban J connectivity index is 2.43. The van der Waals surface area contributed by atoms with Crippen LogP contribution in [-0.2, 0) is 4.74 Å². The topological polar surface area (TPSA) is 35.0 Å². The van der Waals surface area contributed by atoms with Crippen LogP contribution >= 0.6 is 0 Å². The maximum Gasteiger partial charge on any atom is 0.132 e. The number of rotatable bonds is 4. The summed E-state index contributed by atoms with van der Waals surface area (Å²) in [6, 6.07) is 0. The summed E-state index contributed by atoms with van der Waals surface area (Å²) in [6.45, 7) is 12.3. The Hall–Kier alpha value is -1.48.